The summed E-state index contributed by atoms with van der Waals surface area (Å²) in [5, 5.41) is 2.53. The molecule has 0 saturated carbocycles. The second kappa shape index (κ2) is 5.23. The maximum absolute atomic E-state index is 12.6. The third-order valence-corrected chi connectivity index (χ3v) is 2.72. The molecule has 0 bridgehead atoms. The summed E-state index contributed by atoms with van der Waals surface area (Å²) in [5.74, 6) is -0.998. The number of pyridine rings is 1. The van der Waals surface area contributed by atoms with Crippen LogP contribution in [0, 0.1) is 0 Å². The lowest BCUT2D eigenvalue weighted by atomic mass is 10.0. The summed E-state index contributed by atoms with van der Waals surface area (Å²) >= 11 is 4.74. The molecule has 1 rings (SSSR count). The molecule has 0 spiro atoms. The highest BCUT2D eigenvalue weighted by Gasteiger charge is 2.34. The number of rotatable bonds is 4. The van der Waals surface area contributed by atoms with Gasteiger partial charge in [0.15, 0.2) is 0 Å². The Hall–Kier alpha value is -1.90. The molecule has 0 unspecified atom stereocenters. The van der Waals surface area contributed by atoms with Gasteiger partial charge in [0, 0.05) is 0 Å². The van der Waals surface area contributed by atoms with Crippen LogP contribution in [0.25, 0.3) is 0 Å². The Morgan fingerprint density at radius 3 is 2.25 bits per heavy atom. The third-order valence-electron chi connectivity index (χ3n) is 2.50. The molecule has 9 heteroatoms. The summed E-state index contributed by atoms with van der Waals surface area (Å²) in [5.41, 5.74) is 8.24. The Morgan fingerprint density at radius 2 is 1.85 bits per heavy atom. The van der Waals surface area contributed by atoms with Gasteiger partial charge in [-0.05, 0) is 26.0 Å². The molecule has 0 fully saturated rings. The van der Waals surface area contributed by atoms with Crippen molar-refractivity contribution in [3.8, 4) is 0 Å². The number of halogens is 3. The van der Waals surface area contributed by atoms with Gasteiger partial charge in [-0.25, -0.2) is 4.98 Å². The van der Waals surface area contributed by atoms with Crippen LogP contribution in [-0.4, -0.2) is 21.4 Å². The summed E-state index contributed by atoms with van der Waals surface area (Å²) in [6.07, 6.45) is -4.62. The summed E-state index contributed by atoms with van der Waals surface area (Å²) in [4.78, 5) is 14.5. The Morgan fingerprint density at radius 1 is 1.30 bits per heavy atom. The minimum atomic E-state index is -4.62. The topological polar surface area (TPSA) is 94.0 Å². The first-order chi connectivity index (χ1) is 8.95. The highest BCUT2D eigenvalue weighted by atomic mass is 32.1. The molecule has 20 heavy (non-hydrogen) atoms. The van der Waals surface area contributed by atoms with Crippen molar-refractivity contribution in [1.82, 2.24) is 4.98 Å². The van der Waals surface area contributed by atoms with Gasteiger partial charge >= 0.3 is 6.18 Å². The van der Waals surface area contributed by atoms with Crippen molar-refractivity contribution >= 4 is 28.9 Å². The van der Waals surface area contributed by atoms with E-state index in [9.17, 15) is 18.0 Å². The number of anilines is 1. The van der Waals surface area contributed by atoms with Crippen molar-refractivity contribution in [3.63, 3.8) is 0 Å². The second-order valence-corrected chi connectivity index (χ2v) is 5.01. The van der Waals surface area contributed by atoms with Crippen molar-refractivity contribution in [2.75, 3.05) is 5.32 Å². The number of nitrogens with two attached hydrogens (primary N) is 2. The van der Waals surface area contributed by atoms with E-state index >= 15 is 0 Å². The van der Waals surface area contributed by atoms with E-state index < -0.39 is 23.3 Å². The van der Waals surface area contributed by atoms with Gasteiger partial charge in [0.1, 0.15) is 22.0 Å². The zero-order valence-electron chi connectivity index (χ0n) is 10.7. The van der Waals surface area contributed by atoms with Crippen LogP contribution in [0.3, 0.4) is 0 Å². The normalized spacial score (nSPS) is 12.1. The van der Waals surface area contributed by atoms with Crippen LogP contribution in [0.15, 0.2) is 12.1 Å². The first-order valence-electron chi connectivity index (χ1n) is 5.41. The van der Waals surface area contributed by atoms with Gasteiger partial charge in [0.05, 0.1) is 5.56 Å². The van der Waals surface area contributed by atoms with Gasteiger partial charge in [0.2, 0.25) is 5.91 Å². The van der Waals surface area contributed by atoms with E-state index in [0.717, 1.165) is 12.1 Å². The lowest BCUT2D eigenvalue weighted by Crippen LogP contribution is -2.45. The van der Waals surface area contributed by atoms with Crippen LogP contribution in [-0.2, 0) is 11.0 Å². The number of nitrogens with one attached hydrogen (secondary N) is 1. The largest absolute Gasteiger partial charge is 0.433 e. The molecule has 0 atom stereocenters. The highest BCUT2D eigenvalue weighted by molar-refractivity contribution is 7.80. The van der Waals surface area contributed by atoms with Gasteiger partial charge in [-0.3, -0.25) is 4.79 Å². The number of thiocarbonyl (C=S) groups is 1. The van der Waals surface area contributed by atoms with Crippen LogP contribution in [0.2, 0.25) is 0 Å². The lowest BCUT2D eigenvalue weighted by molar-refractivity contribution is -0.141. The van der Waals surface area contributed by atoms with Crippen molar-refractivity contribution < 1.29 is 18.0 Å². The summed E-state index contributed by atoms with van der Waals surface area (Å²) in [6, 6.07) is 1.86. The van der Waals surface area contributed by atoms with E-state index in [4.69, 9.17) is 23.7 Å². The maximum Gasteiger partial charge on any atom is 0.433 e. The number of amides is 1. The zero-order chi connectivity index (χ0) is 15.7. The summed E-state index contributed by atoms with van der Waals surface area (Å²) in [6.45, 7) is 2.81. The molecule has 1 aromatic rings. The predicted molar refractivity (Wildman–Crippen MR) is 72.0 cm³/mol. The predicted octanol–water partition coefficient (Wildman–Crippen LogP) is 1.41. The molecular weight excluding hydrogens is 293 g/mol. The van der Waals surface area contributed by atoms with E-state index in [1.165, 1.54) is 13.8 Å². The van der Waals surface area contributed by atoms with E-state index in [-0.39, 0.29) is 16.4 Å². The molecule has 1 aromatic heterocycles. The molecule has 0 aliphatic heterocycles. The number of hydrogen-bond acceptors (Lipinski definition) is 4. The van der Waals surface area contributed by atoms with Gasteiger partial charge in [0.25, 0.3) is 0 Å². The molecule has 1 heterocycles. The Bertz CT molecular complexity index is 557. The summed E-state index contributed by atoms with van der Waals surface area (Å²) < 4.78 is 37.9. The fourth-order valence-corrected chi connectivity index (χ4v) is 1.43. The molecule has 0 radical (unpaired) electrons. The fraction of sp³-hybridized carbons (Fsp3) is 0.364. The van der Waals surface area contributed by atoms with Crippen molar-refractivity contribution in [1.29, 1.82) is 0 Å². The SMILES string of the molecule is CC(C)(Nc1nc(C(F)(F)F)ccc1C(N)=S)C(N)=O. The van der Waals surface area contributed by atoms with Gasteiger partial charge in [-0.1, -0.05) is 12.2 Å². The van der Waals surface area contributed by atoms with Crippen LogP contribution < -0.4 is 16.8 Å². The van der Waals surface area contributed by atoms with Crippen LogP contribution in [0.5, 0.6) is 0 Å². The minimum absolute atomic E-state index is 0.0994. The zero-order valence-corrected chi connectivity index (χ0v) is 11.5. The quantitative estimate of drug-likeness (QED) is 0.731. The molecule has 1 amide bonds. The Labute approximate surface area is 118 Å². The number of primary amides is 1. The highest BCUT2D eigenvalue weighted by Crippen LogP contribution is 2.30. The first-order valence-corrected chi connectivity index (χ1v) is 5.82. The van der Waals surface area contributed by atoms with E-state index in [1.54, 1.807) is 0 Å². The second-order valence-electron chi connectivity index (χ2n) is 4.57. The molecule has 0 aliphatic rings. The number of alkyl halides is 3. The van der Waals surface area contributed by atoms with Crippen LogP contribution in [0.1, 0.15) is 25.1 Å². The molecule has 0 aromatic carbocycles. The first kappa shape index (κ1) is 16.2. The maximum atomic E-state index is 12.6. The van der Waals surface area contributed by atoms with E-state index in [0.29, 0.717) is 0 Å². The van der Waals surface area contributed by atoms with Crippen molar-refractivity contribution in [2.45, 2.75) is 25.6 Å². The van der Waals surface area contributed by atoms with Crippen molar-refractivity contribution in [2.24, 2.45) is 11.5 Å². The standard InChI is InChI=1S/C11H13F3N4OS/c1-10(2,9(16)19)18-8-5(7(15)20)3-4-6(17-8)11(12,13)14/h3-4H,1-2H3,(H2,15,20)(H2,16,19)(H,17,18). The molecule has 5 nitrogen and oxygen atoms in total. The number of carbonyl (C=O) groups is 1. The molecular formula is C11H13F3N4OS. The molecule has 5 N–H and O–H groups in total. The fourth-order valence-electron chi connectivity index (χ4n) is 1.27. The average Bonchev–Trinajstić information content (AvgIpc) is 2.26. The van der Waals surface area contributed by atoms with Crippen molar-refractivity contribution in [3.05, 3.63) is 23.4 Å². The smallest absolute Gasteiger partial charge is 0.389 e. The van der Waals surface area contributed by atoms with E-state index in [1.807, 2.05) is 0 Å². The Balaban J connectivity index is 3.34. The molecule has 0 saturated heterocycles. The van der Waals surface area contributed by atoms with Gasteiger partial charge in [-0.2, -0.15) is 13.2 Å². The van der Waals surface area contributed by atoms with Crippen LogP contribution >= 0.6 is 12.2 Å². The summed E-state index contributed by atoms with van der Waals surface area (Å²) in [7, 11) is 0. The lowest BCUT2D eigenvalue weighted by Gasteiger charge is -2.24. The third kappa shape index (κ3) is 3.56. The number of nitrogens with zero attached hydrogens (tertiary/aromatic N) is 1. The van der Waals surface area contributed by atoms with Gasteiger partial charge < -0.3 is 16.8 Å². The monoisotopic (exact) mass is 306 g/mol. The van der Waals surface area contributed by atoms with Crippen LogP contribution in [0.4, 0.5) is 19.0 Å². The van der Waals surface area contributed by atoms with E-state index in [2.05, 4.69) is 10.3 Å². The number of hydrogen-bond donors (Lipinski definition) is 3. The minimum Gasteiger partial charge on any atom is -0.389 e. The van der Waals surface area contributed by atoms with Gasteiger partial charge in [-0.15, -0.1) is 0 Å². The number of carbonyl (C=O) groups excluding carboxylic acids is 1. The Kier molecular flexibility index (Phi) is 4.23. The average molecular weight is 306 g/mol. The number of aromatic nitrogens is 1. The molecule has 0 aliphatic carbocycles. The molecule has 110 valence electrons.